The summed E-state index contributed by atoms with van der Waals surface area (Å²) in [5.41, 5.74) is 2.28. The van der Waals surface area contributed by atoms with Crippen LogP contribution in [0, 0.1) is 12.7 Å². The van der Waals surface area contributed by atoms with Gasteiger partial charge in [0, 0.05) is 17.3 Å². The first-order valence-electron chi connectivity index (χ1n) is 7.29. The van der Waals surface area contributed by atoms with E-state index in [0.717, 1.165) is 22.8 Å². The molecular weight excluding hydrogens is 351 g/mol. The van der Waals surface area contributed by atoms with Crippen molar-refractivity contribution in [3.63, 3.8) is 0 Å². The van der Waals surface area contributed by atoms with Crippen molar-refractivity contribution in [1.82, 2.24) is 29.6 Å². The first-order valence-corrected chi connectivity index (χ1v) is 8.48. The Morgan fingerprint density at radius 2 is 2.08 bits per heavy atom. The molecule has 3 aromatic heterocycles. The highest BCUT2D eigenvalue weighted by Crippen LogP contribution is 2.31. The van der Waals surface area contributed by atoms with E-state index in [4.69, 9.17) is 11.6 Å². The van der Waals surface area contributed by atoms with Crippen LogP contribution in [0.3, 0.4) is 0 Å². The third-order valence-electron chi connectivity index (χ3n) is 3.80. The standard InChI is InChI=1S/C15H12ClFN6S/c1-3-22-8(2)11(7-18-22)14-21-23-13(19-20-15(23)24-14)10-5-4-9(16)6-12(10)17/h4-7H,3H2,1-2H3. The lowest BCUT2D eigenvalue weighted by molar-refractivity contribution is 0.629. The maximum atomic E-state index is 14.2. The third kappa shape index (κ3) is 2.30. The maximum absolute atomic E-state index is 14.2. The topological polar surface area (TPSA) is 60.9 Å². The second-order valence-corrected chi connectivity index (χ2v) is 6.60. The van der Waals surface area contributed by atoms with Crippen LogP contribution in [0.4, 0.5) is 4.39 Å². The predicted octanol–water partition coefficient (Wildman–Crippen LogP) is 3.84. The number of fused-ring (bicyclic) bond motifs is 1. The number of hydrogen-bond donors (Lipinski definition) is 0. The monoisotopic (exact) mass is 362 g/mol. The van der Waals surface area contributed by atoms with Gasteiger partial charge in [-0.05, 0) is 32.0 Å². The Morgan fingerprint density at radius 3 is 2.79 bits per heavy atom. The maximum Gasteiger partial charge on any atom is 0.235 e. The van der Waals surface area contributed by atoms with Crippen LogP contribution in [-0.4, -0.2) is 29.6 Å². The number of aromatic nitrogens is 6. The average molecular weight is 363 g/mol. The zero-order chi connectivity index (χ0) is 16.8. The van der Waals surface area contributed by atoms with Crippen molar-refractivity contribution < 1.29 is 4.39 Å². The van der Waals surface area contributed by atoms with Gasteiger partial charge >= 0.3 is 0 Å². The normalized spacial score (nSPS) is 11.5. The Balaban J connectivity index is 1.85. The van der Waals surface area contributed by atoms with Gasteiger partial charge in [-0.25, -0.2) is 4.39 Å². The lowest BCUT2D eigenvalue weighted by atomic mass is 10.2. The number of aryl methyl sites for hydroxylation is 1. The Morgan fingerprint density at radius 1 is 1.25 bits per heavy atom. The van der Waals surface area contributed by atoms with E-state index in [2.05, 4.69) is 20.4 Å². The van der Waals surface area contributed by atoms with Crippen LogP contribution in [0.1, 0.15) is 12.6 Å². The minimum atomic E-state index is -0.457. The van der Waals surface area contributed by atoms with Gasteiger partial charge in [-0.3, -0.25) is 4.68 Å². The molecule has 122 valence electrons. The molecule has 0 N–H and O–H groups in total. The molecule has 0 aliphatic heterocycles. The van der Waals surface area contributed by atoms with Crippen LogP contribution in [-0.2, 0) is 6.54 Å². The van der Waals surface area contributed by atoms with Crippen LogP contribution in [0.15, 0.2) is 24.4 Å². The first kappa shape index (κ1) is 15.2. The minimum Gasteiger partial charge on any atom is -0.269 e. The van der Waals surface area contributed by atoms with Crippen LogP contribution in [0.25, 0.3) is 26.9 Å². The molecule has 1 aromatic carbocycles. The number of benzene rings is 1. The molecule has 0 aliphatic carbocycles. The Kier molecular flexibility index (Phi) is 3.58. The minimum absolute atomic E-state index is 0.310. The van der Waals surface area contributed by atoms with Crippen molar-refractivity contribution in [2.24, 2.45) is 0 Å². The van der Waals surface area contributed by atoms with Crippen LogP contribution >= 0.6 is 22.9 Å². The fourth-order valence-corrected chi connectivity index (χ4v) is 3.60. The van der Waals surface area contributed by atoms with Gasteiger partial charge in [-0.1, -0.05) is 22.9 Å². The fraction of sp³-hybridized carbons (Fsp3) is 0.200. The van der Waals surface area contributed by atoms with Gasteiger partial charge in [0.25, 0.3) is 0 Å². The summed E-state index contributed by atoms with van der Waals surface area (Å²) >= 11 is 7.20. The van der Waals surface area contributed by atoms with Crippen molar-refractivity contribution in [1.29, 1.82) is 0 Å². The van der Waals surface area contributed by atoms with E-state index in [1.165, 1.54) is 17.4 Å². The molecule has 0 saturated heterocycles. The van der Waals surface area contributed by atoms with Gasteiger partial charge in [-0.2, -0.15) is 14.7 Å². The molecule has 0 radical (unpaired) electrons. The van der Waals surface area contributed by atoms with Crippen molar-refractivity contribution in [3.05, 3.63) is 40.9 Å². The summed E-state index contributed by atoms with van der Waals surface area (Å²) in [4.78, 5) is 0.595. The summed E-state index contributed by atoms with van der Waals surface area (Å²) in [5.74, 6) is -0.108. The van der Waals surface area contributed by atoms with E-state index in [0.29, 0.717) is 21.4 Å². The summed E-state index contributed by atoms with van der Waals surface area (Å²) in [7, 11) is 0. The van der Waals surface area contributed by atoms with E-state index < -0.39 is 5.82 Å². The highest BCUT2D eigenvalue weighted by atomic mass is 35.5. The second kappa shape index (κ2) is 5.64. The Bertz CT molecular complexity index is 1050. The van der Waals surface area contributed by atoms with Gasteiger partial charge in [0.05, 0.1) is 17.3 Å². The zero-order valence-corrected chi connectivity index (χ0v) is 14.4. The fourth-order valence-electron chi connectivity index (χ4n) is 2.54. The third-order valence-corrected chi connectivity index (χ3v) is 4.96. The van der Waals surface area contributed by atoms with Crippen molar-refractivity contribution >= 4 is 27.9 Å². The molecule has 9 heteroatoms. The molecule has 0 unspecified atom stereocenters. The van der Waals surface area contributed by atoms with Gasteiger partial charge in [-0.15, -0.1) is 10.2 Å². The molecule has 0 saturated carbocycles. The molecule has 0 spiro atoms. The number of hydrogen-bond acceptors (Lipinski definition) is 5. The molecule has 4 aromatic rings. The molecule has 4 rings (SSSR count). The lowest BCUT2D eigenvalue weighted by Crippen LogP contribution is -1.98. The van der Waals surface area contributed by atoms with E-state index in [1.807, 2.05) is 18.5 Å². The van der Waals surface area contributed by atoms with Gasteiger partial charge < -0.3 is 0 Å². The van der Waals surface area contributed by atoms with Gasteiger partial charge in [0.1, 0.15) is 5.82 Å². The smallest absolute Gasteiger partial charge is 0.235 e. The molecule has 6 nitrogen and oxygen atoms in total. The summed E-state index contributed by atoms with van der Waals surface area (Å²) < 4.78 is 17.6. The quantitative estimate of drug-likeness (QED) is 0.555. The van der Waals surface area contributed by atoms with Crippen molar-refractivity contribution in [3.8, 4) is 22.0 Å². The Hall–Kier alpha value is -2.32. The number of rotatable bonds is 3. The molecule has 0 aliphatic rings. The molecule has 0 bridgehead atoms. The van der Waals surface area contributed by atoms with Crippen LogP contribution < -0.4 is 0 Å². The Labute approximate surface area is 145 Å². The summed E-state index contributed by atoms with van der Waals surface area (Å²) in [6, 6.07) is 4.44. The van der Waals surface area contributed by atoms with Crippen LogP contribution in [0.2, 0.25) is 5.02 Å². The molecule has 24 heavy (non-hydrogen) atoms. The second-order valence-electron chi connectivity index (χ2n) is 5.21. The molecule has 0 fully saturated rings. The molecule has 3 heterocycles. The summed E-state index contributed by atoms with van der Waals surface area (Å²) in [6.07, 6.45) is 1.78. The first-order chi connectivity index (χ1) is 11.6. The van der Waals surface area contributed by atoms with Crippen LogP contribution in [0.5, 0.6) is 0 Å². The summed E-state index contributed by atoms with van der Waals surface area (Å²) in [6.45, 7) is 4.81. The van der Waals surface area contributed by atoms with Gasteiger partial charge in [0.2, 0.25) is 4.96 Å². The lowest BCUT2D eigenvalue weighted by Gasteiger charge is -2.00. The van der Waals surface area contributed by atoms with Crippen molar-refractivity contribution in [2.75, 3.05) is 0 Å². The van der Waals surface area contributed by atoms with E-state index in [9.17, 15) is 4.39 Å². The highest BCUT2D eigenvalue weighted by molar-refractivity contribution is 7.19. The molecule has 0 atom stereocenters. The summed E-state index contributed by atoms with van der Waals surface area (Å²) in [5, 5.41) is 18.1. The molecular formula is C15H12ClFN6S. The number of nitrogens with zero attached hydrogens (tertiary/aromatic N) is 6. The van der Waals surface area contributed by atoms with E-state index in [-0.39, 0.29) is 0 Å². The zero-order valence-electron chi connectivity index (χ0n) is 12.9. The highest BCUT2D eigenvalue weighted by Gasteiger charge is 2.19. The van der Waals surface area contributed by atoms with Crippen molar-refractivity contribution in [2.45, 2.75) is 20.4 Å². The van der Waals surface area contributed by atoms with E-state index >= 15 is 0 Å². The average Bonchev–Trinajstić information content (AvgIpc) is 3.21. The molecule has 0 amide bonds. The predicted molar refractivity (Wildman–Crippen MR) is 90.7 cm³/mol. The SMILES string of the molecule is CCn1ncc(-c2nn3c(-c4ccc(Cl)cc4F)nnc3s2)c1C. The van der Waals surface area contributed by atoms with Gasteiger partial charge in [0.15, 0.2) is 10.8 Å². The number of halogens is 2. The van der Waals surface area contributed by atoms with E-state index in [1.54, 1.807) is 22.8 Å². The largest absolute Gasteiger partial charge is 0.269 e.